The monoisotopic (exact) mass is 465 g/mol. The first-order valence-corrected chi connectivity index (χ1v) is 11.1. The third-order valence-corrected chi connectivity index (χ3v) is 6.31. The molecule has 162 valence electrons. The van der Waals surface area contributed by atoms with Crippen molar-refractivity contribution in [3.63, 3.8) is 0 Å². The van der Waals surface area contributed by atoms with E-state index in [1.54, 1.807) is 30.3 Å². The van der Waals surface area contributed by atoms with Gasteiger partial charge in [-0.15, -0.1) is 0 Å². The van der Waals surface area contributed by atoms with Crippen molar-refractivity contribution in [3.05, 3.63) is 87.5 Å². The van der Waals surface area contributed by atoms with E-state index in [9.17, 15) is 14.4 Å². The first-order valence-electron chi connectivity index (χ1n) is 9.89. The van der Waals surface area contributed by atoms with Crippen LogP contribution < -0.4 is 5.32 Å². The van der Waals surface area contributed by atoms with E-state index >= 15 is 0 Å². The number of thioether (sulfide) groups is 1. The van der Waals surface area contributed by atoms with Crippen molar-refractivity contribution in [2.45, 2.75) is 13.8 Å². The fraction of sp³-hybridized carbons (Fsp3) is 0.125. The molecule has 8 heteroatoms. The summed E-state index contributed by atoms with van der Waals surface area (Å²) in [6.07, 6.45) is 1.69. The largest absolute Gasteiger partial charge is 0.325 e. The second-order valence-corrected chi connectivity index (χ2v) is 8.70. The van der Waals surface area contributed by atoms with Gasteiger partial charge in [0.25, 0.3) is 11.1 Å². The molecule has 4 rings (SSSR count). The zero-order valence-corrected chi connectivity index (χ0v) is 19.0. The predicted octanol–water partition coefficient (Wildman–Crippen LogP) is 5.42. The van der Waals surface area contributed by atoms with Gasteiger partial charge in [-0.1, -0.05) is 41.9 Å². The molecule has 1 fully saturated rings. The van der Waals surface area contributed by atoms with Crippen LogP contribution in [0.2, 0.25) is 5.02 Å². The van der Waals surface area contributed by atoms with E-state index in [1.165, 1.54) is 0 Å². The van der Waals surface area contributed by atoms with Crippen LogP contribution in [0.1, 0.15) is 17.0 Å². The Morgan fingerprint density at radius 3 is 2.47 bits per heavy atom. The fourth-order valence-electron chi connectivity index (χ4n) is 3.58. The lowest BCUT2D eigenvalue weighted by Crippen LogP contribution is -2.36. The lowest BCUT2D eigenvalue weighted by Gasteiger charge is -2.12. The lowest BCUT2D eigenvalue weighted by molar-refractivity contribution is -0.127. The summed E-state index contributed by atoms with van der Waals surface area (Å²) < 4.78 is 2.01. The number of amides is 3. The number of hydrogen-bond acceptors (Lipinski definition) is 4. The third-order valence-electron chi connectivity index (χ3n) is 5.08. The molecule has 6 nitrogen and oxygen atoms in total. The van der Waals surface area contributed by atoms with Crippen molar-refractivity contribution in [2.75, 3.05) is 11.9 Å². The van der Waals surface area contributed by atoms with E-state index in [0.29, 0.717) is 10.7 Å². The molecule has 0 unspecified atom stereocenters. The molecule has 0 saturated carbocycles. The first-order chi connectivity index (χ1) is 15.3. The molecule has 1 aliphatic heterocycles. The number of carbonyl (C=O) groups is 3. The lowest BCUT2D eigenvalue weighted by atomic mass is 10.2. The highest BCUT2D eigenvalue weighted by Gasteiger charge is 2.36. The maximum atomic E-state index is 12.8. The van der Waals surface area contributed by atoms with Gasteiger partial charge >= 0.3 is 0 Å². The van der Waals surface area contributed by atoms with Crippen molar-refractivity contribution in [2.24, 2.45) is 0 Å². The van der Waals surface area contributed by atoms with E-state index < -0.39 is 17.1 Å². The summed E-state index contributed by atoms with van der Waals surface area (Å²) in [5.41, 5.74) is 4.09. The van der Waals surface area contributed by atoms with Gasteiger partial charge in [-0.25, -0.2) is 0 Å². The van der Waals surface area contributed by atoms with Crippen LogP contribution in [0.3, 0.4) is 0 Å². The van der Waals surface area contributed by atoms with Crippen molar-refractivity contribution in [3.8, 4) is 5.69 Å². The minimum absolute atomic E-state index is 0.280. The standard InChI is InChI=1S/C24H20ClN3O3S/c1-15-12-17(16(2)28(15)20-11-7-6-10-19(20)25)13-21-23(30)27(24(31)32-21)14-22(29)26-18-8-4-3-5-9-18/h3-13H,14H2,1-2H3,(H,26,29)/b21-13-. The Kier molecular flexibility index (Phi) is 6.21. The number of aromatic nitrogens is 1. The molecule has 1 N–H and O–H groups in total. The highest BCUT2D eigenvalue weighted by atomic mass is 35.5. The SMILES string of the molecule is Cc1cc(/C=C2\SC(=O)N(CC(=O)Nc3ccccc3)C2=O)c(C)n1-c1ccccc1Cl. The number of hydrogen-bond donors (Lipinski definition) is 1. The molecule has 1 aliphatic rings. The smallest absolute Gasteiger partial charge is 0.294 e. The molecule has 0 bridgehead atoms. The van der Waals surface area contributed by atoms with Gasteiger partial charge < -0.3 is 9.88 Å². The third kappa shape index (κ3) is 4.35. The number of carbonyl (C=O) groups excluding carboxylic acids is 3. The van der Waals surface area contributed by atoms with Crippen LogP contribution in [0.4, 0.5) is 10.5 Å². The summed E-state index contributed by atoms with van der Waals surface area (Å²) in [4.78, 5) is 38.8. The average molecular weight is 466 g/mol. The summed E-state index contributed by atoms with van der Waals surface area (Å²) in [6.45, 7) is 3.54. The van der Waals surface area contributed by atoms with Crippen molar-refractivity contribution in [1.29, 1.82) is 0 Å². The number of rotatable bonds is 5. The molecule has 0 radical (unpaired) electrons. The molecule has 0 spiro atoms. The van der Waals surface area contributed by atoms with Crippen LogP contribution in [-0.2, 0) is 9.59 Å². The average Bonchev–Trinajstić information content (AvgIpc) is 3.19. The van der Waals surface area contributed by atoms with Crippen LogP contribution in [0.15, 0.2) is 65.6 Å². The Balaban J connectivity index is 1.55. The van der Waals surface area contributed by atoms with Crippen LogP contribution in [0.5, 0.6) is 0 Å². The highest BCUT2D eigenvalue weighted by Crippen LogP contribution is 2.34. The van der Waals surface area contributed by atoms with E-state index in [-0.39, 0.29) is 11.4 Å². The second kappa shape index (κ2) is 9.06. The Morgan fingerprint density at radius 2 is 1.75 bits per heavy atom. The minimum Gasteiger partial charge on any atom is -0.325 e. The van der Waals surface area contributed by atoms with Crippen molar-refractivity contribution < 1.29 is 14.4 Å². The molecule has 2 heterocycles. The van der Waals surface area contributed by atoms with Gasteiger partial charge in [0.15, 0.2) is 0 Å². The Labute approximate surface area is 194 Å². The highest BCUT2D eigenvalue weighted by molar-refractivity contribution is 8.18. The molecule has 0 aliphatic carbocycles. The van der Waals surface area contributed by atoms with E-state index in [0.717, 1.165) is 39.3 Å². The first kappa shape index (κ1) is 21.9. The Bertz CT molecular complexity index is 1250. The number of benzene rings is 2. The zero-order valence-electron chi connectivity index (χ0n) is 17.5. The molecular formula is C24H20ClN3O3S. The van der Waals surface area contributed by atoms with Crippen LogP contribution in [-0.4, -0.2) is 33.1 Å². The maximum Gasteiger partial charge on any atom is 0.294 e. The van der Waals surface area contributed by atoms with E-state index in [1.807, 2.05) is 54.8 Å². The topological polar surface area (TPSA) is 71.4 Å². The van der Waals surface area contributed by atoms with Gasteiger partial charge in [0.1, 0.15) is 6.54 Å². The predicted molar refractivity (Wildman–Crippen MR) is 128 cm³/mol. The van der Waals surface area contributed by atoms with Gasteiger partial charge in [-0.3, -0.25) is 19.3 Å². The summed E-state index contributed by atoms with van der Waals surface area (Å²) in [7, 11) is 0. The zero-order chi connectivity index (χ0) is 22.8. The fourth-order valence-corrected chi connectivity index (χ4v) is 4.63. The summed E-state index contributed by atoms with van der Waals surface area (Å²) in [6, 6.07) is 18.3. The summed E-state index contributed by atoms with van der Waals surface area (Å²) >= 11 is 7.20. The molecule has 32 heavy (non-hydrogen) atoms. The summed E-state index contributed by atoms with van der Waals surface area (Å²) in [5.74, 6) is -0.914. The van der Waals surface area contributed by atoms with Gasteiger partial charge in [0, 0.05) is 17.1 Å². The van der Waals surface area contributed by atoms with Gasteiger partial charge in [-0.05, 0) is 67.6 Å². The molecule has 1 saturated heterocycles. The quantitative estimate of drug-likeness (QED) is 0.510. The second-order valence-electron chi connectivity index (χ2n) is 7.30. The molecule has 1 aromatic heterocycles. The Hall–Kier alpha value is -3.29. The number of aryl methyl sites for hydroxylation is 1. The van der Waals surface area contributed by atoms with Crippen molar-refractivity contribution >= 4 is 52.2 Å². The van der Waals surface area contributed by atoms with Crippen LogP contribution in [0, 0.1) is 13.8 Å². The molecule has 3 amide bonds. The number of imide groups is 1. The molecule has 2 aromatic carbocycles. The normalized spacial score (nSPS) is 15.0. The number of halogens is 1. The van der Waals surface area contributed by atoms with Gasteiger partial charge in [0.05, 0.1) is 15.6 Å². The van der Waals surface area contributed by atoms with E-state index in [2.05, 4.69) is 5.32 Å². The van der Waals surface area contributed by atoms with Crippen LogP contribution >= 0.6 is 23.4 Å². The maximum absolute atomic E-state index is 12.8. The Morgan fingerprint density at radius 1 is 1.06 bits per heavy atom. The molecule has 3 aromatic rings. The molecule has 0 atom stereocenters. The van der Waals surface area contributed by atoms with Crippen LogP contribution in [0.25, 0.3) is 11.8 Å². The number of nitrogens with zero attached hydrogens (tertiary/aromatic N) is 2. The van der Waals surface area contributed by atoms with E-state index in [4.69, 9.17) is 11.6 Å². The number of para-hydroxylation sites is 2. The molecular weight excluding hydrogens is 446 g/mol. The van der Waals surface area contributed by atoms with Gasteiger partial charge in [-0.2, -0.15) is 0 Å². The van der Waals surface area contributed by atoms with Crippen molar-refractivity contribution in [1.82, 2.24) is 9.47 Å². The number of nitrogens with one attached hydrogen (secondary N) is 1. The van der Waals surface area contributed by atoms with Gasteiger partial charge in [0.2, 0.25) is 5.91 Å². The summed E-state index contributed by atoms with van der Waals surface area (Å²) in [5, 5.41) is 2.84. The minimum atomic E-state index is -0.481. The number of anilines is 1.